The second-order valence-electron chi connectivity index (χ2n) is 5.65. The van der Waals surface area contributed by atoms with Crippen LogP contribution in [0.25, 0.3) is 0 Å². The van der Waals surface area contributed by atoms with Crippen molar-refractivity contribution >= 4 is 16.2 Å². The Morgan fingerprint density at radius 3 is 2.26 bits per heavy atom. The fourth-order valence-electron chi connectivity index (χ4n) is 2.22. The first-order valence-corrected chi connectivity index (χ1v) is 9.58. The Morgan fingerprint density at radius 2 is 1.59 bits per heavy atom. The Hall–Kier alpha value is -3.19. The van der Waals surface area contributed by atoms with Crippen molar-refractivity contribution in [1.29, 1.82) is 0 Å². The molecule has 0 aliphatic carbocycles. The lowest BCUT2D eigenvalue weighted by atomic mass is 10.2. The summed E-state index contributed by atoms with van der Waals surface area (Å²) in [7, 11) is -3.68. The zero-order valence-corrected chi connectivity index (χ0v) is 15.1. The molecule has 0 heterocycles. The molecule has 1 N–H and O–H groups in total. The molecule has 0 aliphatic heterocycles. The van der Waals surface area contributed by atoms with E-state index in [1.165, 1.54) is 30.5 Å². The lowest BCUT2D eigenvalue weighted by molar-refractivity contribution is 0.306. The van der Waals surface area contributed by atoms with Gasteiger partial charge in [-0.25, -0.2) is 9.22 Å². The molecule has 0 saturated carbocycles. The molecular formula is C20H17FN2O3S. The van der Waals surface area contributed by atoms with Gasteiger partial charge in [-0.05, 0) is 59.7 Å². The summed E-state index contributed by atoms with van der Waals surface area (Å²) in [6.45, 7) is 0.324. The molecule has 0 bridgehead atoms. The molecule has 0 radical (unpaired) electrons. The van der Waals surface area contributed by atoms with Gasteiger partial charge in [0.2, 0.25) is 0 Å². The summed E-state index contributed by atoms with van der Waals surface area (Å²) in [5.74, 6) is 0.353. The van der Waals surface area contributed by atoms with Crippen molar-refractivity contribution in [1.82, 2.24) is 4.83 Å². The quantitative estimate of drug-likeness (QED) is 0.499. The molecule has 5 nitrogen and oxygen atoms in total. The Kier molecular flexibility index (Phi) is 5.83. The monoisotopic (exact) mass is 384 g/mol. The molecule has 0 aliphatic rings. The molecule has 0 fully saturated rings. The van der Waals surface area contributed by atoms with Gasteiger partial charge in [0.1, 0.15) is 18.2 Å². The van der Waals surface area contributed by atoms with Crippen molar-refractivity contribution in [3.63, 3.8) is 0 Å². The third kappa shape index (κ3) is 5.39. The van der Waals surface area contributed by atoms with Crippen molar-refractivity contribution in [2.45, 2.75) is 11.5 Å². The van der Waals surface area contributed by atoms with Crippen LogP contribution in [0.2, 0.25) is 0 Å². The molecule has 0 amide bonds. The van der Waals surface area contributed by atoms with E-state index < -0.39 is 10.0 Å². The molecule has 3 rings (SSSR count). The summed E-state index contributed by atoms with van der Waals surface area (Å²) in [5.41, 5.74) is 1.57. The lowest BCUT2D eigenvalue weighted by Gasteiger charge is -2.06. The maximum absolute atomic E-state index is 12.9. The van der Waals surface area contributed by atoms with Crippen LogP contribution in [0.3, 0.4) is 0 Å². The van der Waals surface area contributed by atoms with E-state index in [1.807, 2.05) is 0 Å². The van der Waals surface area contributed by atoms with Gasteiger partial charge in [0.05, 0.1) is 11.1 Å². The van der Waals surface area contributed by atoms with E-state index in [2.05, 4.69) is 9.93 Å². The lowest BCUT2D eigenvalue weighted by Crippen LogP contribution is -2.18. The summed E-state index contributed by atoms with van der Waals surface area (Å²) >= 11 is 0. The van der Waals surface area contributed by atoms with Gasteiger partial charge >= 0.3 is 0 Å². The molecule has 0 spiro atoms. The van der Waals surface area contributed by atoms with Crippen molar-refractivity contribution in [3.05, 3.63) is 95.8 Å². The molecule has 138 valence electrons. The number of hydrazone groups is 1. The summed E-state index contributed by atoms with van der Waals surface area (Å²) in [6.07, 6.45) is 1.41. The topological polar surface area (TPSA) is 67.8 Å². The van der Waals surface area contributed by atoms with Crippen molar-refractivity contribution < 1.29 is 17.5 Å². The average Bonchev–Trinajstić information content (AvgIpc) is 2.69. The number of ether oxygens (including phenoxy) is 1. The first-order chi connectivity index (χ1) is 13.0. The van der Waals surface area contributed by atoms with E-state index in [0.29, 0.717) is 17.9 Å². The number of hydrogen-bond acceptors (Lipinski definition) is 4. The van der Waals surface area contributed by atoms with Crippen molar-refractivity contribution in [3.8, 4) is 5.75 Å². The van der Waals surface area contributed by atoms with Crippen LogP contribution in [-0.2, 0) is 16.6 Å². The standard InChI is InChI=1S/C20H17FN2O3S/c21-18-10-6-17(7-11-18)15-26-19-12-8-16(9-13-19)14-22-23-27(24,25)20-4-2-1-3-5-20/h1-14,23H,15H2/b22-14+. The van der Waals surface area contributed by atoms with E-state index >= 15 is 0 Å². The number of nitrogens with one attached hydrogen (secondary N) is 1. The summed E-state index contributed by atoms with van der Waals surface area (Å²) in [6, 6.07) is 21.1. The zero-order valence-electron chi connectivity index (χ0n) is 14.2. The first-order valence-electron chi connectivity index (χ1n) is 8.10. The predicted molar refractivity (Wildman–Crippen MR) is 102 cm³/mol. The van der Waals surface area contributed by atoms with E-state index in [1.54, 1.807) is 54.6 Å². The molecule has 0 atom stereocenters. The minimum Gasteiger partial charge on any atom is -0.489 e. The average molecular weight is 384 g/mol. The second kappa shape index (κ2) is 8.46. The molecule has 27 heavy (non-hydrogen) atoms. The number of sulfonamides is 1. The molecule has 0 unspecified atom stereocenters. The molecule has 0 saturated heterocycles. The largest absolute Gasteiger partial charge is 0.489 e. The summed E-state index contributed by atoms with van der Waals surface area (Å²) in [4.78, 5) is 2.31. The van der Waals surface area contributed by atoms with Gasteiger partial charge in [-0.1, -0.05) is 30.3 Å². The minimum absolute atomic E-state index is 0.145. The van der Waals surface area contributed by atoms with Crippen LogP contribution in [0, 0.1) is 5.82 Å². The fourth-order valence-corrected chi connectivity index (χ4v) is 3.03. The number of nitrogens with zero attached hydrogens (tertiary/aromatic N) is 1. The molecule has 7 heteroatoms. The maximum atomic E-state index is 12.9. The second-order valence-corrected chi connectivity index (χ2v) is 7.31. The van der Waals surface area contributed by atoms with Crippen LogP contribution in [0.15, 0.2) is 88.9 Å². The van der Waals surface area contributed by atoms with Crippen LogP contribution in [-0.4, -0.2) is 14.6 Å². The van der Waals surface area contributed by atoms with Gasteiger partial charge in [-0.2, -0.15) is 13.5 Å². The van der Waals surface area contributed by atoms with E-state index in [4.69, 9.17) is 4.74 Å². The fraction of sp³-hybridized carbons (Fsp3) is 0.0500. The Bertz CT molecular complexity index is 1000. The molecular weight excluding hydrogens is 367 g/mol. The highest BCUT2D eigenvalue weighted by atomic mass is 32.2. The van der Waals surface area contributed by atoms with E-state index in [-0.39, 0.29) is 10.7 Å². The van der Waals surface area contributed by atoms with Gasteiger partial charge < -0.3 is 4.74 Å². The van der Waals surface area contributed by atoms with Gasteiger partial charge in [0, 0.05) is 0 Å². The summed E-state index contributed by atoms with van der Waals surface area (Å²) < 4.78 is 42.6. The predicted octanol–water partition coefficient (Wildman–Crippen LogP) is 3.72. The van der Waals surface area contributed by atoms with Crippen LogP contribution in [0.5, 0.6) is 5.75 Å². The Morgan fingerprint density at radius 1 is 0.926 bits per heavy atom. The molecule has 3 aromatic carbocycles. The number of halogens is 1. The van der Waals surface area contributed by atoms with Gasteiger partial charge in [0.15, 0.2) is 0 Å². The third-order valence-corrected chi connectivity index (χ3v) is 4.88. The maximum Gasteiger partial charge on any atom is 0.276 e. The van der Waals surface area contributed by atoms with Gasteiger partial charge in [-0.15, -0.1) is 0 Å². The van der Waals surface area contributed by atoms with Crippen LogP contribution >= 0.6 is 0 Å². The van der Waals surface area contributed by atoms with Gasteiger partial charge in [0.25, 0.3) is 10.0 Å². The van der Waals surface area contributed by atoms with Crippen molar-refractivity contribution in [2.75, 3.05) is 0 Å². The molecule has 3 aromatic rings. The van der Waals surface area contributed by atoms with Crippen LogP contribution in [0.4, 0.5) is 4.39 Å². The normalized spacial score (nSPS) is 11.4. The van der Waals surface area contributed by atoms with Crippen LogP contribution in [0.1, 0.15) is 11.1 Å². The molecule has 0 aromatic heterocycles. The third-order valence-electron chi connectivity index (χ3n) is 3.64. The smallest absolute Gasteiger partial charge is 0.276 e. The SMILES string of the molecule is O=S(=O)(N/N=C/c1ccc(OCc2ccc(F)cc2)cc1)c1ccccc1. The number of hydrogen-bond donors (Lipinski definition) is 1. The highest BCUT2D eigenvalue weighted by molar-refractivity contribution is 7.89. The van der Waals surface area contributed by atoms with E-state index in [0.717, 1.165) is 5.56 Å². The highest BCUT2D eigenvalue weighted by Crippen LogP contribution is 2.14. The van der Waals surface area contributed by atoms with E-state index in [9.17, 15) is 12.8 Å². The zero-order chi connectivity index (χ0) is 19.1. The Balaban J connectivity index is 1.55. The van der Waals surface area contributed by atoms with Crippen LogP contribution < -0.4 is 9.57 Å². The van der Waals surface area contributed by atoms with Gasteiger partial charge in [-0.3, -0.25) is 0 Å². The first kappa shape index (κ1) is 18.6. The Labute approximate surface area is 157 Å². The number of rotatable bonds is 7. The summed E-state index contributed by atoms with van der Waals surface area (Å²) in [5, 5.41) is 3.78. The minimum atomic E-state index is -3.68. The number of benzene rings is 3. The van der Waals surface area contributed by atoms with Crippen molar-refractivity contribution in [2.24, 2.45) is 5.10 Å². The highest BCUT2D eigenvalue weighted by Gasteiger charge is 2.10.